The van der Waals surface area contributed by atoms with Crippen molar-refractivity contribution < 1.29 is 4.42 Å². The zero-order valence-corrected chi connectivity index (χ0v) is 24.0. The van der Waals surface area contributed by atoms with Gasteiger partial charge in [-0.2, -0.15) is 0 Å². The molecule has 0 aliphatic heterocycles. The summed E-state index contributed by atoms with van der Waals surface area (Å²) in [5, 5.41) is 2.12. The van der Waals surface area contributed by atoms with E-state index in [0.29, 0.717) is 0 Å². The summed E-state index contributed by atoms with van der Waals surface area (Å²) in [6, 6.07) is 55.6. The maximum absolute atomic E-state index is 6.49. The fraction of sp³-hybridized carbons (Fsp3) is 0. The molecule has 3 nitrogen and oxygen atoms in total. The first-order valence-electron chi connectivity index (χ1n) is 14.8. The third-order valence-corrected chi connectivity index (χ3v) is 8.20. The third kappa shape index (κ3) is 4.61. The van der Waals surface area contributed by atoms with Crippen LogP contribution >= 0.6 is 0 Å². The molecule has 0 aliphatic carbocycles. The van der Waals surface area contributed by atoms with E-state index < -0.39 is 0 Å². The van der Waals surface area contributed by atoms with Crippen LogP contribution < -0.4 is 4.90 Å². The Balaban J connectivity index is 1.27. The Bertz CT molecular complexity index is 2200. The van der Waals surface area contributed by atoms with Gasteiger partial charge in [0.25, 0.3) is 0 Å². The summed E-state index contributed by atoms with van der Waals surface area (Å²) in [5.41, 5.74) is 11.8. The zero-order chi connectivity index (χ0) is 29.3. The molecule has 6 aromatic carbocycles. The molecule has 8 aromatic rings. The van der Waals surface area contributed by atoms with E-state index in [0.717, 1.165) is 55.7 Å². The molecule has 0 N–H and O–H groups in total. The molecule has 0 radical (unpaired) electrons. The van der Waals surface area contributed by atoms with E-state index in [1.807, 2.05) is 18.3 Å². The van der Waals surface area contributed by atoms with Gasteiger partial charge in [-0.3, -0.25) is 4.98 Å². The van der Waals surface area contributed by atoms with Crippen molar-refractivity contribution >= 4 is 39.0 Å². The van der Waals surface area contributed by atoms with Gasteiger partial charge in [-0.25, -0.2) is 0 Å². The number of anilines is 3. The number of hydrogen-bond donors (Lipinski definition) is 0. The SMILES string of the molecule is c1ccc(-c2ccc(-c3ccc(N(c4ccccc4-c4ccccc4)c4cccc5c4oc4cnccc45)cc3)cc2)cc1. The highest BCUT2D eigenvalue weighted by molar-refractivity contribution is 6.10. The molecule has 0 fully saturated rings. The van der Waals surface area contributed by atoms with E-state index in [9.17, 15) is 0 Å². The Hall–Kier alpha value is -5.93. The van der Waals surface area contributed by atoms with Crippen LogP contribution in [0.15, 0.2) is 175 Å². The quantitative estimate of drug-likeness (QED) is 0.201. The molecule has 2 aromatic heterocycles. The van der Waals surface area contributed by atoms with Crippen molar-refractivity contribution in [2.75, 3.05) is 4.90 Å². The van der Waals surface area contributed by atoms with Crippen molar-refractivity contribution in [1.29, 1.82) is 0 Å². The summed E-state index contributed by atoms with van der Waals surface area (Å²) in [7, 11) is 0. The van der Waals surface area contributed by atoms with E-state index in [2.05, 4.69) is 155 Å². The number of hydrogen-bond acceptors (Lipinski definition) is 3. The zero-order valence-electron chi connectivity index (χ0n) is 24.0. The topological polar surface area (TPSA) is 29.3 Å². The standard InChI is InChI=1S/C41H28N2O/c1-3-10-29(11-4-1)30-18-20-31(21-19-30)32-22-24-34(25-23-32)43(38-16-8-7-14-35(38)33-12-5-2-6-13-33)39-17-9-15-37-36-26-27-42-28-40(36)44-41(37)39/h1-28H. The van der Waals surface area contributed by atoms with E-state index in [4.69, 9.17) is 4.42 Å². The Morgan fingerprint density at radius 3 is 1.70 bits per heavy atom. The average molecular weight is 565 g/mol. The highest BCUT2D eigenvalue weighted by Gasteiger charge is 2.21. The maximum Gasteiger partial charge on any atom is 0.159 e. The van der Waals surface area contributed by atoms with Crippen molar-refractivity contribution in [2.45, 2.75) is 0 Å². The average Bonchev–Trinajstić information content (AvgIpc) is 3.49. The van der Waals surface area contributed by atoms with Crippen LogP contribution in [0, 0.1) is 0 Å². The number of pyridine rings is 1. The lowest BCUT2D eigenvalue weighted by Crippen LogP contribution is -2.11. The van der Waals surface area contributed by atoms with E-state index in [-0.39, 0.29) is 0 Å². The molecule has 0 bridgehead atoms. The molecular formula is C41H28N2O. The lowest BCUT2D eigenvalue weighted by atomic mass is 9.99. The highest BCUT2D eigenvalue weighted by atomic mass is 16.3. The first-order chi connectivity index (χ1) is 21.8. The van der Waals surface area contributed by atoms with E-state index in [1.54, 1.807) is 6.20 Å². The summed E-state index contributed by atoms with van der Waals surface area (Å²) in [4.78, 5) is 6.61. The van der Waals surface area contributed by atoms with Crippen molar-refractivity contribution in [2.24, 2.45) is 0 Å². The number of para-hydroxylation sites is 2. The minimum absolute atomic E-state index is 0.778. The fourth-order valence-electron chi connectivity index (χ4n) is 6.04. The van der Waals surface area contributed by atoms with Crippen molar-refractivity contribution in [3.63, 3.8) is 0 Å². The number of rotatable bonds is 6. The predicted molar refractivity (Wildman–Crippen MR) is 183 cm³/mol. The first-order valence-corrected chi connectivity index (χ1v) is 14.8. The normalized spacial score (nSPS) is 11.2. The van der Waals surface area contributed by atoms with Crippen LogP contribution in [0.25, 0.3) is 55.3 Å². The summed E-state index contributed by atoms with van der Waals surface area (Å²) in [6.07, 6.45) is 3.61. The van der Waals surface area contributed by atoms with Crippen LogP contribution in [0.5, 0.6) is 0 Å². The number of furan rings is 1. The summed E-state index contributed by atoms with van der Waals surface area (Å²) >= 11 is 0. The first kappa shape index (κ1) is 25.8. The second-order valence-electron chi connectivity index (χ2n) is 10.8. The maximum atomic E-state index is 6.49. The number of fused-ring (bicyclic) bond motifs is 3. The van der Waals surface area contributed by atoms with Crippen LogP contribution in [-0.4, -0.2) is 4.98 Å². The van der Waals surface area contributed by atoms with Gasteiger partial charge in [0.1, 0.15) is 0 Å². The van der Waals surface area contributed by atoms with Gasteiger partial charge in [0.05, 0.1) is 17.6 Å². The minimum atomic E-state index is 0.778. The van der Waals surface area contributed by atoms with Gasteiger partial charge in [0, 0.05) is 28.2 Å². The van der Waals surface area contributed by atoms with Gasteiger partial charge in [-0.15, -0.1) is 0 Å². The second-order valence-corrected chi connectivity index (χ2v) is 10.8. The largest absolute Gasteiger partial charge is 0.452 e. The van der Waals surface area contributed by atoms with Crippen LogP contribution in [0.1, 0.15) is 0 Å². The van der Waals surface area contributed by atoms with Crippen LogP contribution in [0.3, 0.4) is 0 Å². The Morgan fingerprint density at radius 1 is 0.432 bits per heavy atom. The molecule has 2 heterocycles. The molecular weight excluding hydrogens is 536 g/mol. The molecule has 0 saturated heterocycles. The molecule has 0 spiro atoms. The van der Waals surface area contributed by atoms with Crippen LogP contribution in [-0.2, 0) is 0 Å². The van der Waals surface area contributed by atoms with Gasteiger partial charge in [-0.05, 0) is 58.1 Å². The van der Waals surface area contributed by atoms with Gasteiger partial charge < -0.3 is 9.32 Å². The Kier molecular flexibility index (Phi) is 6.47. The molecule has 8 rings (SSSR count). The lowest BCUT2D eigenvalue weighted by molar-refractivity contribution is 0.667. The van der Waals surface area contributed by atoms with Crippen molar-refractivity contribution in [3.8, 4) is 33.4 Å². The van der Waals surface area contributed by atoms with Gasteiger partial charge in [0.2, 0.25) is 0 Å². The third-order valence-electron chi connectivity index (χ3n) is 8.20. The fourth-order valence-corrected chi connectivity index (χ4v) is 6.04. The van der Waals surface area contributed by atoms with Crippen molar-refractivity contribution in [1.82, 2.24) is 4.98 Å². The molecule has 44 heavy (non-hydrogen) atoms. The summed E-state index contributed by atoms with van der Waals surface area (Å²) in [6.45, 7) is 0. The summed E-state index contributed by atoms with van der Waals surface area (Å²) < 4.78 is 6.49. The molecule has 0 amide bonds. The minimum Gasteiger partial charge on any atom is -0.452 e. The second kappa shape index (κ2) is 11.0. The van der Waals surface area contributed by atoms with Crippen molar-refractivity contribution in [3.05, 3.63) is 170 Å². The van der Waals surface area contributed by atoms with Crippen LogP contribution in [0.2, 0.25) is 0 Å². The molecule has 3 heteroatoms. The number of aromatic nitrogens is 1. The summed E-state index contributed by atoms with van der Waals surface area (Å²) in [5.74, 6) is 0. The van der Waals surface area contributed by atoms with E-state index in [1.165, 1.54) is 16.7 Å². The predicted octanol–water partition coefficient (Wildman–Crippen LogP) is 11.5. The van der Waals surface area contributed by atoms with Gasteiger partial charge in [0.15, 0.2) is 11.2 Å². The van der Waals surface area contributed by atoms with E-state index >= 15 is 0 Å². The molecule has 0 saturated carbocycles. The Morgan fingerprint density at radius 2 is 1.00 bits per heavy atom. The number of nitrogens with zero attached hydrogens (tertiary/aromatic N) is 2. The molecule has 0 aliphatic rings. The highest BCUT2D eigenvalue weighted by Crippen LogP contribution is 2.45. The van der Waals surface area contributed by atoms with Gasteiger partial charge >= 0.3 is 0 Å². The smallest absolute Gasteiger partial charge is 0.159 e. The van der Waals surface area contributed by atoms with Crippen LogP contribution in [0.4, 0.5) is 17.1 Å². The molecule has 0 unspecified atom stereocenters. The molecule has 0 atom stereocenters. The number of benzene rings is 6. The lowest BCUT2D eigenvalue weighted by Gasteiger charge is -2.28. The van der Waals surface area contributed by atoms with Gasteiger partial charge in [-0.1, -0.05) is 127 Å². The monoisotopic (exact) mass is 564 g/mol. The Labute approximate surface area is 256 Å². The molecule has 208 valence electrons.